The summed E-state index contributed by atoms with van der Waals surface area (Å²) in [6.07, 6.45) is 1.46. The van der Waals surface area contributed by atoms with Gasteiger partial charge >= 0.3 is 0 Å². The molecule has 4 N–H and O–H groups in total. The van der Waals surface area contributed by atoms with Crippen LogP contribution in [0.3, 0.4) is 0 Å². The molecule has 0 aliphatic heterocycles. The Bertz CT molecular complexity index is 709. The maximum Gasteiger partial charge on any atom is 0.175 e. The molecule has 114 valence electrons. The molecule has 0 atom stereocenters. The molecule has 0 aliphatic carbocycles. The van der Waals surface area contributed by atoms with E-state index >= 15 is 0 Å². The van der Waals surface area contributed by atoms with E-state index in [4.69, 9.17) is 11.5 Å². The molecule has 2 aromatic heterocycles. The molecule has 0 unspecified atom stereocenters. The number of rotatable bonds is 3. The van der Waals surface area contributed by atoms with Crippen LogP contribution in [0.4, 0.5) is 17.6 Å². The van der Waals surface area contributed by atoms with Crippen molar-refractivity contribution < 1.29 is 17.6 Å². The lowest BCUT2D eigenvalue weighted by Crippen LogP contribution is -2.20. The molecule has 0 amide bonds. The summed E-state index contributed by atoms with van der Waals surface area (Å²) in [7, 11) is 0. The number of hydrogen-bond donors (Lipinski definition) is 2. The van der Waals surface area contributed by atoms with E-state index in [2.05, 4.69) is 20.2 Å². The Hall–Kier alpha value is -3.04. The minimum absolute atomic E-state index is 0.453. The monoisotopic (exact) mass is 312 g/mol. The van der Waals surface area contributed by atoms with Crippen LogP contribution in [0, 0.1) is 23.3 Å². The molecule has 0 radical (unpaired) electrons. The third-order valence-corrected chi connectivity index (χ3v) is 2.37. The Labute approximate surface area is 121 Å². The Kier molecular flexibility index (Phi) is 4.30. The van der Waals surface area contributed by atoms with Crippen molar-refractivity contribution in [1.82, 2.24) is 9.97 Å². The molecule has 6 nitrogen and oxygen atoms in total. The van der Waals surface area contributed by atoms with Crippen molar-refractivity contribution in [2.45, 2.75) is 0 Å². The maximum absolute atomic E-state index is 13.4. The summed E-state index contributed by atoms with van der Waals surface area (Å²) in [5, 5.41) is 6.71. The van der Waals surface area contributed by atoms with Crippen molar-refractivity contribution in [1.29, 1.82) is 0 Å². The average Bonchev–Trinajstić information content (AvgIpc) is 2.44. The first kappa shape index (κ1) is 15.4. The topological polar surface area (TPSA) is 103 Å². The van der Waals surface area contributed by atoms with Crippen LogP contribution in [0.1, 0.15) is 11.4 Å². The van der Waals surface area contributed by atoms with Gasteiger partial charge in [0.2, 0.25) is 0 Å². The van der Waals surface area contributed by atoms with Crippen molar-refractivity contribution >= 4 is 11.7 Å². The zero-order valence-corrected chi connectivity index (χ0v) is 10.8. The number of nitrogens with two attached hydrogens (primary N) is 2. The van der Waals surface area contributed by atoms with Crippen LogP contribution in [0.5, 0.6) is 0 Å². The van der Waals surface area contributed by atoms with Crippen LogP contribution in [0.2, 0.25) is 0 Å². The van der Waals surface area contributed by atoms with Gasteiger partial charge in [-0.15, -0.1) is 10.2 Å². The van der Waals surface area contributed by atoms with Gasteiger partial charge in [-0.3, -0.25) is 0 Å². The summed E-state index contributed by atoms with van der Waals surface area (Å²) in [6, 6.07) is 1.11. The Morgan fingerprint density at radius 2 is 1.14 bits per heavy atom. The molecule has 2 heterocycles. The van der Waals surface area contributed by atoms with Crippen LogP contribution < -0.4 is 11.5 Å². The van der Waals surface area contributed by atoms with Gasteiger partial charge in [-0.05, 0) is 0 Å². The Balaban J connectivity index is 2.32. The van der Waals surface area contributed by atoms with E-state index in [-0.39, 0.29) is 0 Å². The van der Waals surface area contributed by atoms with E-state index in [1.54, 1.807) is 0 Å². The first-order valence-electron chi connectivity index (χ1n) is 5.68. The van der Waals surface area contributed by atoms with Crippen LogP contribution in [-0.4, -0.2) is 21.6 Å². The molecule has 0 aliphatic rings. The van der Waals surface area contributed by atoms with E-state index in [9.17, 15) is 17.6 Å². The summed E-state index contributed by atoms with van der Waals surface area (Å²) in [4.78, 5) is 6.80. The maximum atomic E-state index is 13.4. The standard InChI is InChI=1S/C12H8F4N6/c13-5-1-7(15)9(19-3-5)11(17)21-22-12(18)10-8(16)2-6(14)4-20-10/h1-4H,(H2,17,21)(H2,18,22). The fraction of sp³-hybridized carbons (Fsp3) is 0. The molecule has 2 aromatic rings. The second-order valence-electron chi connectivity index (χ2n) is 3.94. The fourth-order valence-corrected chi connectivity index (χ4v) is 1.41. The molecule has 0 saturated carbocycles. The number of aromatic nitrogens is 2. The molecule has 0 bridgehead atoms. The lowest BCUT2D eigenvalue weighted by Gasteiger charge is -2.01. The second-order valence-corrected chi connectivity index (χ2v) is 3.94. The SMILES string of the molecule is N/C(=N\N=C(/N)c1ncc(F)cc1F)c1ncc(F)cc1F. The molecule has 0 saturated heterocycles. The first-order chi connectivity index (χ1) is 10.4. The van der Waals surface area contributed by atoms with Gasteiger partial charge in [-0.2, -0.15) is 0 Å². The first-order valence-corrected chi connectivity index (χ1v) is 5.68. The molecular weight excluding hydrogens is 304 g/mol. The lowest BCUT2D eigenvalue weighted by atomic mass is 10.3. The van der Waals surface area contributed by atoms with E-state index in [0.717, 1.165) is 12.4 Å². The summed E-state index contributed by atoms with van der Waals surface area (Å²) in [5.74, 6) is -4.92. The van der Waals surface area contributed by atoms with Crippen molar-refractivity contribution in [2.24, 2.45) is 21.7 Å². The lowest BCUT2D eigenvalue weighted by molar-refractivity contribution is 0.569. The minimum Gasteiger partial charge on any atom is -0.380 e. The molecule has 10 heteroatoms. The third-order valence-electron chi connectivity index (χ3n) is 2.37. The number of hydrogen-bond acceptors (Lipinski definition) is 4. The highest BCUT2D eigenvalue weighted by Crippen LogP contribution is 2.07. The molecule has 22 heavy (non-hydrogen) atoms. The van der Waals surface area contributed by atoms with Crippen LogP contribution in [0.15, 0.2) is 34.7 Å². The van der Waals surface area contributed by atoms with Gasteiger partial charge < -0.3 is 11.5 Å². The zero-order chi connectivity index (χ0) is 16.3. The van der Waals surface area contributed by atoms with Crippen molar-refractivity contribution in [3.8, 4) is 0 Å². The van der Waals surface area contributed by atoms with Gasteiger partial charge in [0, 0.05) is 12.1 Å². The number of halogens is 4. The van der Waals surface area contributed by atoms with Gasteiger partial charge in [0.1, 0.15) is 23.0 Å². The number of nitrogens with zero attached hydrogens (tertiary/aromatic N) is 4. The second kappa shape index (κ2) is 6.16. The van der Waals surface area contributed by atoms with Crippen molar-refractivity contribution in [3.63, 3.8) is 0 Å². The molecule has 0 spiro atoms. The molecule has 0 aromatic carbocycles. The van der Waals surface area contributed by atoms with E-state index in [1.807, 2.05) is 0 Å². The zero-order valence-electron chi connectivity index (χ0n) is 10.8. The minimum atomic E-state index is -1.05. The van der Waals surface area contributed by atoms with Crippen LogP contribution in [0.25, 0.3) is 0 Å². The smallest absolute Gasteiger partial charge is 0.175 e. The normalized spacial score (nSPS) is 12.5. The van der Waals surface area contributed by atoms with Crippen molar-refractivity contribution in [3.05, 3.63) is 59.2 Å². The summed E-state index contributed by atoms with van der Waals surface area (Å²) >= 11 is 0. The Morgan fingerprint density at radius 1 is 0.773 bits per heavy atom. The van der Waals surface area contributed by atoms with Gasteiger partial charge in [0.15, 0.2) is 23.3 Å². The average molecular weight is 312 g/mol. The van der Waals surface area contributed by atoms with Crippen LogP contribution in [-0.2, 0) is 0 Å². The highest BCUT2D eigenvalue weighted by atomic mass is 19.1. The van der Waals surface area contributed by atoms with E-state index < -0.39 is 46.3 Å². The van der Waals surface area contributed by atoms with Gasteiger partial charge in [0.05, 0.1) is 12.4 Å². The predicted octanol–water partition coefficient (Wildman–Crippen LogP) is 1.06. The summed E-state index contributed by atoms with van der Waals surface area (Å²) < 4.78 is 52.2. The fourth-order valence-electron chi connectivity index (χ4n) is 1.41. The predicted molar refractivity (Wildman–Crippen MR) is 69.8 cm³/mol. The summed E-state index contributed by atoms with van der Waals surface area (Å²) in [5.41, 5.74) is 9.94. The van der Waals surface area contributed by atoms with E-state index in [0.29, 0.717) is 12.1 Å². The van der Waals surface area contributed by atoms with Crippen LogP contribution >= 0.6 is 0 Å². The van der Waals surface area contributed by atoms with Crippen molar-refractivity contribution in [2.75, 3.05) is 0 Å². The van der Waals surface area contributed by atoms with Gasteiger partial charge in [-0.1, -0.05) is 0 Å². The van der Waals surface area contributed by atoms with E-state index in [1.165, 1.54) is 0 Å². The highest BCUT2D eigenvalue weighted by Gasteiger charge is 2.11. The number of amidine groups is 2. The number of pyridine rings is 2. The highest BCUT2D eigenvalue weighted by molar-refractivity contribution is 5.98. The summed E-state index contributed by atoms with van der Waals surface area (Å²) in [6.45, 7) is 0. The Morgan fingerprint density at radius 3 is 1.45 bits per heavy atom. The molecular formula is C12H8F4N6. The molecule has 2 rings (SSSR count). The largest absolute Gasteiger partial charge is 0.380 e. The van der Waals surface area contributed by atoms with Gasteiger partial charge in [-0.25, -0.2) is 27.5 Å². The van der Waals surface area contributed by atoms with Gasteiger partial charge in [0.25, 0.3) is 0 Å². The quantitative estimate of drug-likeness (QED) is 0.383. The third kappa shape index (κ3) is 3.34. The molecule has 0 fully saturated rings.